The van der Waals surface area contributed by atoms with E-state index in [2.05, 4.69) is 22.5 Å². The number of rotatable bonds is 9. The number of carbonyl (C=O) groups is 3. The molecule has 3 saturated heterocycles. The van der Waals surface area contributed by atoms with Gasteiger partial charge in [0.1, 0.15) is 11.6 Å². The number of aliphatic hydroxyl groups is 1. The van der Waals surface area contributed by atoms with Crippen molar-refractivity contribution in [2.75, 3.05) is 18.1 Å². The zero-order chi connectivity index (χ0) is 26.5. The fourth-order valence-electron chi connectivity index (χ4n) is 6.39. The van der Waals surface area contributed by atoms with Crippen molar-refractivity contribution in [2.45, 2.75) is 69.2 Å². The van der Waals surface area contributed by atoms with Crippen LogP contribution in [0, 0.1) is 31.6 Å². The molecule has 2 N–H and O–H groups in total. The van der Waals surface area contributed by atoms with Gasteiger partial charge in [0.05, 0.1) is 30.6 Å². The van der Waals surface area contributed by atoms with Gasteiger partial charge >= 0.3 is 5.97 Å². The summed E-state index contributed by atoms with van der Waals surface area (Å²) in [5, 5.41) is 20.5. The third-order valence-corrected chi connectivity index (χ3v) is 9.17. The second-order valence-corrected chi connectivity index (χ2v) is 11.6. The van der Waals surface area contributed by atoms with E-state index in [0.29, 0.717) is 18.5 Å². The molecule has 3 heterocycles. The number of carboxylic acids is 1. The monoisotopic (exact) mass is 562 g/mol. The van der Waals surface area contributed by atoms with Gasteiger partial charge in [-0.2, -0.15) is 0 Å². The number of fused-ring (bicyclic) bond motifs is 1. The minimum Gasteiger partial charge on any atom is -0.481 e. The summed E-state index contributed by atoms with van der Waals surface area (Å²) < 4.78 is 6.39. The second-order valence-electron chi connectivity index (χ2n) is 10.4. The summed E-state index contributed by atoms with van der Waals surface area (Å²) in [4.78, 5) is 43.7. The second kappa shape index (κ2) is 9.91. The Balaban J connectivity index is 1.90. The molecule has 2 bridgehead atoms. The third kappa shape index (κ3) is 3.90. The smallest absolute Gasteiger partial charge is 0.310 e. The number of carboxylic acid groups (broad SMARTS) is 1. The van der Waals surface area contributed by atoms with Crippen molar-refractivity contribution >= 4 is 39.4 Å². The van der Waals surface area contributed by atoms with Crippen LogP contribution in [0.2, 0.25) is 0 Å². The molecule has 0 aliphatic carbocycles. The number of ether oxygens (including phenoxy) is 1. The Labute approximate surface area is 220 Å². The van der Waals surface area contributed by atoms with Gasteiger partial charge in [0.25, 0.3) is 5.91 Å². The first-order valence-corrected chi connectivity index (χ1v) is 13.4. The SMILES string of the molecule is C=CCN(C(=O)[C@H]1N([C@@H](CO)[C@@H](C)CC)C(=O)[C@@H]2[C@@H](C(=O)O)[C@@H]3O[C@@]21CC3Br)c1cc(C)ccc1C. The van der Waals surface area contributed by atoms with Gasteiger partial charge < -0.3 is 24.7 Å². The summed E-state index contributed by atoms with van der Waals surface area (Å²) in [7, 11) is 0. The van der Waals surface area contributed by atoms with E-state index < -0.39 is 47.5 Å². The quantitative estimate of drug-likeness (QED) is 0.354. The van der Waals surface area contributed by atoms with Crippen molar-refractivity contribution in [3.63, 3.8) is 0 Å². The molecular weight excluding hydrogens is 528 g/mol. The molecule has 196 valence electrons. The molecule has 0 radical (unpaired) electrons. The Morgan fingerprint density at radius 3 is 2.67 bits per heavy atom. The van der Waals surface area contributed by atoms with Gasteiger partial charge in [-0.1, -0.05) is 54.4 Å². The molecule has 1 unspecified atom stereocenters. The maximum atomic E-state index is 14.6. The first-order chi connectivity index (χ1) is 17.0. The van der Waals surface area contributed by atoms with Crippen LogP contribution in [0.3, 0.4) is 0 Å². The van der Waals surface area contributed by atoms with Crippen LogP contribution < -0.4 is 4.90 Å². The van der Waals surface area contributed by atoms with E-state index in [9.17, 15) is 24.6 Å². The van der Waals surface area contributed by atoms with Gasteiger partial charge in [-0.25, -0.2) is 0 Å². The molecule has 2 amide bonds. The van der Waals surface area contributed by atoms with E-state index in [1.807, 2.05) is 45.9 Å². The Morgan fingerprint density at radius 2 is 2.08 bits per heavy atom. The highest BCUT2D eigenvalue weighted by molar-refractivity contribution is 9.09. The number of carbonyl (C=O) groups excluding carboxylic acids is 2. The molecule has 1 spiro atoms. The predicted molar refractivity (Wildman–Crippen MR) is 139 cm³/mol. The van der Waals surface area contributed by atoms with Crippen molar-refractivity contribution in [1.82, 2.24) is 4.90 Å². The van der Waals surface area contributed by atoms with Gasteiger partial charge in [-0.15, -0.1) is 6.58 Å². The first-order valence-electron chi connectivity index (χ1n) is 12.5. The number of nitrogens with zero attached hydrogens (tertiary/aromatic N) is 2. The minimum absolute atomic E-state index is 0.113. The predicted octanol–water partition coefficient (Wildman–Crippen LogP) is 3.06. The number of hydrogen-bond donors (Lipinski definition) is 2. The number of halogens is 1. The van der Waals surface area contributed by atoms with Crippen LogP contribution >= 0.6 is 15.9 Å². The molecule has 4 rings (SSSR count). The van der Waals surface area contributed by atoms with Gasteiger partial charge in [0.2, 0.25) is 5.91 Å². The lowest BCUT2D eigenvalue weighted by Crippen LogP contribution is -2.60. The Bertz CT molecular complexity index is 1080. The Kier molecular flexibility index (Phi) is 7.38. The van der Waals surface area contributed by atoms with Crippen molar-refractivity contribution in [2.24, 2.45) is 17.8 Å². The molecule has 0 saturated carbocycles. The van der Waals surface area contributed by atoms with Crippen LogP contribution in [0.15, 0.2) is 30.9 Å². The molecule has 0 aromatic heterocycles. The van der Waals surface area contributed by atoms with E-state index in [-0.39, 0.29) is 29.8 Å². The van der Waals surface area contributed by atoms with E-state index in [1.54, 1.807) is 11.0 Å². The molecule has 8 nitrogen and oxygen atoms in total. The number of aryl methyl sites for hydroxylation is 2. The summed E-state index contributed by atoms with van der Waals surface area (Å²) in [5.74, 6) is -4.07. The summed E-state index contributed by atoms with van der Waals surface area (Å²) in [5.41, 5.74) is 1.27. The number of alkyl halides is 1. The standard InChI is InChI=1S/C27H35BrN2O6/c1-6-10-29(18-11-14(3)8-9-16(18)5)25(33)23-27-12-17(28)22(36-27)20(26(34)35)21(27)24(32)30(23)19(13-31)15(4)7-2/h6,8-9,11,15,17,19-23,31H,1,7,10,12-13H2,2-5H3,(H,34,35)/t15-,17?,19-,20+,21-,22+,23+,27-/m0/s1. The molecule has 1 aromatic carbocycles. The lowest BCUT2D eigenvalue weighted by atomic mass is 9.70. The molecule has 3 aliphatic heterocycles. The molecule has 3 aliphatic rings. The molecular formula is C27H35BrN2O6. The Hall–Kier alpha value is -2.23. The van der Waals surface area contributed by atoms with Crippen LogP contribution in [-0.4, -0.2) is 74.7 Å². The number of aliphatic carboxylic acids is 1. The highest BCUT2D eigenvalue weighted by Gasteiger charge is 2.77. The van der Waals surface area contributed by atoms with Gasteiger partial charge in [0, 0.05) is 17.1 Å². The van der Waals surface area contributed by atoms with Crippen LogP contribution in [0.4, 0.5) is 5.69 Å². The average Bonchev–Trinajstić information content (AvgIpc) is 3.43. The third-order valence-electron chi connectivity index (χ3n) is 8.32. The largest absolute Gasteiger partial charge is 0.481 e. The zero-order valence-corrected chi connectivity index (χ0v) is 22.8. The first kappa shape index (κ1) is 26.8. The van der Waals surface area contributed by atoms with E-state index in [0.717, 1.165) is 11.1 Å². The van der Waals surface area contributed by atoms with Gasteiger partial charge in [-0.3, -0.25) is 14.4 Å². The topological polar surface area (TPSA) is 107 Å². The minimum atomic E-state index is -1.30. The van der Waals surface area contributed by atoms with Crippen LogP contribution in [0.25, 0.3) is 0 Å². The summed E-state index contributed by atoms with van der Waals surface area (Å²) >= 11 is 3.57. The number of aliphatic hydroxyl groups excluding tert-OH is 1. The van der Waals surface area contributed by atoms with Crippen LogP contribution in [-0.2, 0) is 19.1 Å². The number of amides is 2. The van der Waals surface area contributed by atoms with Gasteiger partial charge in [-0.05, 0) is 43.4 Å². The lowest BCUT2D eigenvalue weighted by Gasteiger charge is -2.41. The lowest BCUT2D eigenvalue weighted by molar-refractivity contribution is -0.151. The maximum absolute atomic E-state index is 14.6. The molecule has 8 atom stereocenters. The van der Waals surface area contributed by atoms with Crippen LogP contribution in [0.1, 0.15) is 37.8 Å². The normalized spacial score (nSPS) is 32.3. The average molecular weight is 563 g/mol. The summed E-state index contributed by atoms with van der Waals surface area (Å²) in [6.45, 7) is 11.5. The fraction of sp³-hybridized carbons (Fsp3) is 0.593. The van der Waals surface area contributed by atoms with Gasteiger partial charge in [0.15, 0.2) is 0 Å². The fourth-order valence-corrected chi connectivity index (χ4v) is 7.34. The maximum Gasteiger partial charge on any atom is 0.310 e. The Morgan fingerprint density at radius 1 is 1.39 bits per heavy atom. The van der Waals surface area contributed by atoms with Crippen molar-refractivity contribution < 1.29 is 29.3 Å². The summed E-state index contributed by atoms with van der Waals surface area (Å²) in [6.07, 6.45) is 1.93. The van der Waals surface area contributed by atoms with E-state index in [1.165, 1.54) is 4.90 Å². The zero-order valence-electron chi connectivity index (χ0n) is 21.2. The number of likely N-dealkylation sites (tertiary alicyclic amines) is 1. The van der Waals surface area contributed by atoms with E-state index >= 15 is 0 Å². The number of hydrogen-bond acceptors (Lipinski definition) is 5. The van der Waals surface area contributed by atoms with Crippen LogP contribution in [0.5, 0.6) is 0 Å². The number of benzene rings is 1. The van der Waals surface area contributed by atoms with Crippen molar-refractivity contribution in [3.8, 4) is 0 Å². The molecule has 1 aromatic rings. The highest BCUT2D eigenvalue weighted by atomic mass is 79.9. The molecule has 3 fully saturated rings. The molecule has 9 heteroatoms. The van der Waals surface area contributed by atoms with E-state index in [4.69, 9.17) is 4.74 Å². The summed E-state index contributed by atoms with van der Waals surface area (Å²) in [6, 6.07) is 4.11. The molecule has 36 heavy (non-hydrogen) atoms. The van der Waals surface area contributed by atoms with Crippen molar-refractivity contribution in [3.05, 3.63) is 42.0 Å². The van der Waals surface area contributed by atoms with Crippen molar-refractivity contribution in [1.29, 1.82) is 0 Å². The number of anilines is 1. The highest BCUT2D eigenvalue weighted by Crippen LogP contribution is 2.60.